The van der Waals surface area contributed by atoms with E-state index in [2.05, 4.69) is 19.2 Å². The van der Waals surface area contributed by atoms with Crippen LogP contribution in [0.1, 0.15) is 39.7 Å². The van der Waals surface area contributed by atoms with Gasteiger partial charge in [0.25, 0.3) is 0 Å². The minimum Gasteiger partial charge on any atom is -0.497 e. The Morgan fingerprint density at radius 1 is 1.00 bits per heavy atom. The summed E-state index contributed by atoms with van der Waals surface area (Å²) in [4.78, 5) is 13.5. The zero-order valence-electron chi connectivity index (χ0n) is 26.4. The van der Waals surface area contributed by atoms with E-state index < -0.39 is 40.4 Å². The molecule has 2 saturated heterocycles. The number of hydrogen-bond acceptors (Lipinski definition) is 9. The number of benzene rings is 2. The van der Waals surface area contributed by atoms with Crippen LogP contribution in [0, 0.1) is 23.7 Å². The van der Waals surface area contributed by atoms with Crippen molar-refractivity contribution in [1.29, 1.82) is 0 Å². The summed E-state index contributed by atoms with van der Waals surface area (Å²) in [6, 6.07) is 15.8. The van der Waals surface area contributed by atoms with Crippen molar-refractivity contribution in [3.05, 3.63) is 60.2 Å². The zero-order valence-corrected chi connectivity index (χ0v) is 27.2. The lowest BCUT2D eigenvalue weighted by molar-refractivity contribution is -0.153. The van der Waals surface area contributed by atoms with Crippen molar-refractivity contribution in [3.8, 4) is 5.75 Å². The lowest BCUT2D eigenvalue weighted by atomic mass is 9.90. The van der Waals surface area contributed by atoms with E-state index in [1.807, 2.05) is 44.2 Å². The zero-order chi connectivity index (χ0) is 31.9. The van der Waals surface area contributed by atoms with E-state index in [-0.39, 0.29) is 48.9 Å². The minimum atomic E-state index is -3.93. The van der Waals surface area contributed by atoms with Gasteiger partial charge in [0.15, 0.2) is 6.29 Å². The van der Waals surface area contributed by atoms with Crippen LogP contribution < -0.4 is 10.1 Å². The molecule has 2 N–H and O–H groups in total. The van der Waals surface area contributed by atoms with Crippen LogP contribution >= 0.6 is 0 Å². The average Bonchev–Trinajstić information content (AvgIpc) is 3.58. The first kappa shape index (κ1) is 34.3. The summed E-state index contributed by atoms with van der Waals surface area (Å²) >= 11 is 0. The number of hydrogen-bond donors (Lipinski definition) is 2. The molecule has 2 aromatic rings. The van der Waals surface area contributed by atoms with Crippen molar-refractivity contribution in [2.75, 3.05) is 40.0 Å². The van der Waals surface area contributed by atoms with Gasteiger partial charge < -0.3 is 29.4 Å². The van der Waals surface area contributed by atoms with Gasteiger partial charge in [-0.15, -0.1) is 0 Å². The van der Waals surface area contributed by atoms with Crippen LogP contribution in [-0.2, 0) is 35.4 Å². The number of aliphatic hydroxyl groups is 1. The topological polar surface area (TPSA) is 124 Å². The molecule has 244 valence electrons. The lowest BCUT2D eigenvalue weighted by Gasteiger charge is -2.30. The van der Waals surface area contributed by atoms with Gasteiger partial charge >= 0.3 is 5.97 Å². The van der Waals surface area contributed by atoms with Crippen molar-refractivity contribution >= 4 is 16.0 Å². The third-order valence-electron chi connectivity index (χ3n) is 8.11. The Labute approximate surface area is 262 Å². The number of nitrogens with zero attached hydrogens (tertiary/aromatic N) is 1. The summed E-state index contributed by atoms with van der Waals surface area (Å²) in [6.07, 6.45) is -1.72. The number of esters is 1. The molecule has 0 spiro atoms. The maximum absolute atomic E-state index is 13.7. The summed E-state index contributed by atoms with van der Waals surface area (Å²) in [5, 5.41) is 15.1. The van der Waals surface area contributed by atoms with Crippen LogP contribution in [0.15, 0.2) is 59.5 Å². The number of fused-ring (bicyclic) bond motifs is 1. The third-order valence-corrected chi connectivity index (χ3v) is 9.96. The quantitative estimate of drug-likeness (QED) is 0.268. The van der Waals surface area contributed by atoms with Crippen molar-refractivity contribution in [2.24, 2.45) is 23.7 Å². The Bertz CT molecular complexity index is 1290. The fraction of sp³-hybridized carbons (Fsp3) is 0.606. The second-order valence-electron chi connectivity index (χ2n) is 12.7. The van der Waals surface area contributed by atoms with Crippen LogP contribution in [-0.4, -0.2) is 88.3 Å². The molecule has 0 aliphatic carbocycles. The lowest BCUT2D eigenvalue weighted by Crippen LogP contribution is -2.44. The van der Waals surface area contributed by atoms with Crippen LogP contribution in [0.3, 0.4) is 0 Å². The molecule has 6 atom stereocenters. The van der Waals surface area contributed by atoms with E-state index in [0.29, 0.717) is 24.7 Å². The first-order valence-electron chi connectivity index (χ1n) is 15.5. The molecular weight excluding hydrogens is 584 g/mol. The maximum Gasteiger partial charge on any atom is 0.306 e. The summed E-state index contributed by atoms with van der Waals surface area (Å²) in [6.45, 7) is 9.70. The van der Waals surface area contributed by atoms with Crippen molar-refractivity contribution in [2.45, 2.75) is 70.0 Å². The van der Waals surface area contributed by atoms with Gasteiger partial charge in [0.1, 0.15) is 11.9 Å². The highest BCUT2D eigenvalue weighted by Gasteiger charge is 2.50. The Morgan fingerprint density at radius 3 is 2.32 bits per heavy atom. The average molecular weight is 633 g/mol. The Balaban J connectivity index is 1.49. The molecule has 10 nitrogen and oxygen atoms in total. The molecule has 0 amide bonds. The van der Waals surface area contributed by atoms with Crippen molar-refractivity contribution < 1.29 is 37.3 Å². The van der Waals surface area contributed by atoms with Gasteiger partial charge in [-0.05, 0) is 54.6 Å². The van der Waals surface area contributed by atoms with Gasteiger partial charge in [-0.2, -0.15) is 4.31 Å². The molecule has 11 heteroatoms. The molecule has 44 heavy (non-hydrogen) atoms. The summed E-state index contributed by atoms with van der Waals surface area (Å²) < 4.78 is 51.5. The van der Waals surface area contributed by atoms with E-state index in [0.717, 1.165) is 12.1 Å². The fourth-order valence-electron chi connectivity index (χ4n) is 5.82. The summed E-state index contributed by atoms with van der Waals surface area (Å²) in [7, 11) is -2.41. The van der Waals surface area contributed by atoms with Crippen molar-refractivity contribution in [3.63, 3.8) is 0 Å². The standard InChI is InChI=1S/C33H48N2O8S/c1-22(2)17-34-28-20-41-33-32(28)30(21-42-33)43-31(37)16-25(15-24-9-7-6-8-10-24)29(36)19-35(18-23(3)4)44(38,39)27-13-11-26(40-5)12-14-27/h6-14,22-23,25,28-30,32-34,36H,15-21H2,1-5H3/t25-,28+,29-,30+,32+,33-/m1/s1. The number of carbonyl (C=O) groups excluding carboxylic acids is 1. The molecule has 2 aromatic carbocycles. The van der Waals surface area contributed by atoms with Crippen LogP contribution in [0.4, 0.5) is 0 Å². The molecule has 2 fully saturated rings. The number of aliphatic hydroxyl groups excluding tert-OH is 1. The van der Waals surface area contributed by atoms with Crippen LogP contribution in [0.25, 0.3) is 0 Å². The van der Waals surface area contributed by atoms with E-state index >= 15 is 0 Å². The minimum absolute atomic E-state index is 0.00829. The van der Waals surface area contributed by atoms with Gasteiger partial charge in [-0.3, -0.25) is 4.79 Å². The molecule has 0 radical (unpaired) electrons. The second kappa shape index (κ2) is 15.6. The number of carbonyl (C=O) groups is 1. The molecule has 2 heterocycles. The number of ether oxygens (including phenoxy) is 4. The molecular formula is C33H48N2O8S. The molecule has 0 unspecified atom stereocenters. The van der Waals surface area contributed by atoms with E-state index in [1.54, 1.807) is 12.1 Å². The highest BCUT2D eigenvalue weighted by Crippen LogP contribution is 2.34. The Hall–Kier alpha value is -2.54. The van der Waals surface area contributed by atoms with Gasteiger partial charge in [0.05, 0.1) is 43.7 Å². The van der Waals surface area contributed by atoms with Crippen LogP contribution in [0.5, 0.6) is 5.75 Å². The molecule has 2 aliphatic heterocycles. The van der Waals surface area contributed by atoms with E-state index in [4.69, 9.17) is 18.9 Å². The smallest absolute Gasteiger partial charge is 0.306 e. The van der Waals surface area contributed by atoms with E-state index in [1.165, 1.54) is 23.5 Å². The number of rotatable bonds is 16. The van der Waals surface area contributed by atoms with Gasteiger partial charge in [-0.1, -0.05) is 58.0 Å². The normalized spacial score (nSPS) is 23.2. The van der Waals surface area contributed by atoms with Crippen LogP contribution in [0.2, 0.25) is 0 Å². The predicted molar refractivity (Wildman–Crippen MR) is 167 cm³/mol. The first-order valence-corrected chi connectivity index (χ1v) is 16.9. The predicted octanol–water partition coefficient (Wildman–Crippen LogP) is 3.48. The monoisotopic (exact) mass is 632 g/mol. The highest BCUT2D eigenvalue weighted by molar-refractivity contribution is 7.89. The Morgan fingerprint density at radius 2 is 1.68 bits per heavy atom. The molecule has 2 aliphatic rings. The first-order chi connectivity index (χ1) is 21.0. The number of nitrogens with one attached hydrogen (secondary N) is 1. The van der Waals surface area contributed by atoms with E-state index in [9.17, 15) is 18.3 Å². The maximum atomic E-state index is 13.7. The molecule has 0 saturated carbocycles. The Kier molecular flexibility index (Phi) is 12.2. The summed E-state index contributed by atoms with van der Waals surface area (Å²) in [5.41, 5.74) is 0.934. The van der Waals surface area contributed by atoms with Crippen molar-refractivity contribution in [1.82, 2.24) is 9.62 Å². The van der Waals surface area contributed by atoms with Gasteiger partial charge in [0, 0.05) is 25.0 Å². The molecule has 0 bridgehead atoms. The van der Waals surface area contributed by atoms with Gasteiger partial charge in [-0.25, -0.2) is 8.42 Å². The molecule has 0 aromatic heterocycles. The summed E-state index contributed by atoms with van der Waals surface area (Å²) in [5.74, 6) is -0.145. The SMILES string of the molecule is COc1ccc(S(=O)(=O)N(CC(C)C)C[C@@H](O)[C@@H](CC(=O)O[C@H]2CO[C@H]3OC[C@H](NCC(C)C)[C@H]32)Cc2ccccc2)cc1. The largest absolute Gasteiger partial charge is 0.497 e. The number of sulfonamides is 1. The fourth-order valence-corrected chi connectivity index (χ4v) is 7.45. The molecule has 4 rings (SSSR count). The number of methoxy groups -OCH3 is 1. The second-order valence-corrected chi connectivity index (χ2v) is 14.6. The third kappa shape index (κ3) is 9.02. The highest BCUT2D eigenvalue weighted by atomic mass is 32.2. The van der Waals surface area contributed by atoms with Gasteiger partial charge in [0.2, 0.25) is 10.0 Å².